The molecule has 38 heavy (non-hydrogen) atoms. The maximum Gasteiger partial charge on any atom is 0.340 e. The molecular formula is C28H28N2O7S. The number of aryl methyl sites for hydroxylation is 1. The fourth-order valence-electron chi connectivity index (χ4n) is 4.40. The van der Waals surface area contributed by atoms with Gasteiger partial charge in [0.15, 0.2) is 6.61 Å². The van der Waals surface area contributed by atoms with E-state index in [4.69, 9.17) is 9.47 Å². The van der Waals surface area contributed by atoms with Crippen molar-refractivity contribution in [2.75, 3.05) is 24.1 Å². The number of aromatic amines is 1. The number of sulfonamides is 1. The molecule has 9 nitrogen and oxygen atoms in total. The van der Waals surface area contributed by atoms with Crippen LogP contribution in [0.4, 0.5) is 5.69 Å². The monoisotopic (exact) mass is 536 g/mol. The standard InChI is InChI=1S/C28H28N2O7S/c1-4-36-28(33)26-18(2)27(29-19(26)3)24(31)17-37-25(32)14-11-20-9-12-22(13-10-20)38(34,35)30-16-15-21-7-5-6-8-23(21)30/h5-14,29H,4,15-17H2,1-3H3. The molecule has 0 spiro atoms. The van der Waals surface area contributed by atoms with E-state index >= 15 is 0 Å². The molecule has 0 amide bonds. The molecule has 2 aromatic carbocycles. The van der Waals surface area contributed by atoms with Gasteiger partial charge in [-0.15, -0.1) is 0 Å². The Hall–Kier alpha value is -4.18. The van der Waals surface area contributed by atoms with Gasteiger partial charge in [-0.05, 0) is 68.2 Å². The summed E-state index contributed by atoms with van der Waals surface area (Å²) in [5.74, 6) is -1.75. The number of anilines is 1. The van der Waals surface area contributed by atoms with Crippen molar-refractivity contribution in [3.63, 3.8) is 0 Å². The van der Waals surface area contributed by atoms with Gasteiger partial charge in [-0.2, -0.15) is 0 Å². The number of rotatable bonds is 9. The zero-order valence-electron chi connectivity index (χ0n) is 21.3. The Labute approximate surface area is 221 Å². The first-order chi connectivity index (χ1) is 18.1. The van der Waals surface area contributed by atoms with Crippen molar-refractivity contribution in [1.82, 2.24) is 4.98 Å². The van der Waals surface area contributed by atoms with Crippen LogP contribution in [0.2, 0.25) is 0 Å². The minimum Gasteiger partial charge on any atom is -0.462 e. The lowest BCUT2D eigenvalue weighted by Gasteiger charge is -2.19. The van der Waals surface area contributed by atoms with Gasteiger partial charge in [-0.25, -0.2) is 18.0 Å². The van der Waals surface area contributed by atoms with E-state index in [2.05, 4.69) is 4.98 Å². The number of fused-ring (bicyclic) bond motifs is 1. The molecule has 0 saturated carbocycles. The third kappa shape index (κ3) is 5.40. The third-order valence-corrected chi connectivity index (χ3v) is 8.09. The first-order valence-electron chi connectivity index (χ1n) is 12.1. The molecule has 0 unspecified atom stereocenters. The quantitative estimate of drug-likeness (QED) is 0.249. The summed E-state index contributed by atoms with van der Waals surface area (Å²) in [6.07, 6.45) is 3.29. The largest absolute Gasteiger partial charge is 0.462 e. The van der Waals surface area contributed by atoms with Crippen LogP contribution in [0, 0.1) is 13.8 Å². The zero-order chi connectivity index (χ0) is 27.4. The Morgan fingerprint density at radius 2 is 1.74 bits per heavy atom. The summed E-state index contributed by atoms with van der Waals surface area (Å²) in [6.45, 7) is 5.06. The van der Waals surface area contributed by atoms with E-state index < -0.39 is 34.4 Å². The van der Waals surface area contributed by atoms with Crippen molar-refractivity contribution in [2.24, 2.45) is 0 Å². The average molecular weight is 537 g/mol. The van der Waals surface area contributed by atoms with Crippen LogP contribution in [0.1, 0.15) is 50.2 Å². The van der Waals surface area contributed by atoms with E-state index in [1.54, 1.807) is 39.0 Å². The van der Waals surface area contributed by atoms with Crippen molar-refractivity contribution in [2.45, 2.75) is 32.1 Å². The number of para-hydroxylation sites is 1. The smallest absolute Gasteiger partial charge is 0.340 e. The van der Waals surface area contributed by atoms with E-state index in [-0.39, 0.29) is 17.2 Å². The first-order valence-corrected chi connectivity index (χ1v) is 13.5. The number of nitrogens with zero attached hydrogens (tertiary/aromatic N) is 1. The number of esters is 2. The molecule has 1 aliphatic heterocycles. The lowest BCUT2D eigenvalue weighted by atomic mass is 10.1. The van der Waals surface area contributed by atoms with E-state index in [0.717, 1.165) is 11.6 Å². The number of carbonyl (C=O) groups excluding carboxylic acids is 3. The van der Waals surface area contributed by atoms with Crippen LogP contribution in [-0.4, -0.2) is 50.9 Å². The maximum atomic E-state index is 13.1. The van der Waals surface area contributed by atoms with E-state index in [9.17, 15) is 22.8 Å². The van der Waals surface area contributed by atoms with E-state index in [1.165, 1.54) is 22.5 Å². The zero-order valence-corrected chi connectivity index (χ0v) is 22.1. The van der Waals surface area contributed by atoms with Crippen molar-refractivity contribution < 1.29 is 32.3 Å². The number of Topliss-reactive ketones (excluding diaryl/α,β-unsaturated/α-hetero) is 1. The fraction of sp³-hybridized carbons (Fsp3) is 0.250. The number of carbonyl (C=O) groups is 3. The van der Waals surface area contributed by atoms with Crippen molar-refractivity contribution in [3.05, 3.63) is 88.2 Å². The SMILES string of the molecule is CCOC(=O)c1c(C)[nH]c(C(=O)COC(=O)C=Cc2ccc(S(=O)(=O)N3CCc4ccccc43)cc2)c1C. The molecule has 3 aromatic rings. The molecule has 4 rings (SSSR count). The van der Waals surface area contributed by atoms with Crippen LogP contribution < -0.4 is 4.31 Å². The second-order valence-electron chi connectivity index (χ2n) is 8.73. The summed E-state index contributed by atoms with van der Waals surface area (Å²) in [4.78, 5) is 39.9. The average Bonchev–Trinajstić information content (AvgIpc) is 3.47. The van der Waals surface area contributed by atoms with Gasteiger partial charge in [-0.3, -0.25) is 9.10 Å². The van der Waals surface area contributed by atoms with E-state index in [1.807, 2.05) is 18.2 Å². The van der Waals surface area contributed by atoms with Gasteiger partial charge in [0.25, 0.3) is 10.0 Å². The second kappa shape index (κ2) is 11.1. The van der Waals surface area contributed by atoms with Gasteiger partial charge in [0.1, 0.15) is 0 Å². The van der Waals surface area contributed by atoms with Crippen LogP contribution in [0.25, 0.3) is 6.08 Å². The molecule has 0 atom stereocenters. The Bertz CT molecular complexity index is 1520. The Balaban J connectivity index is 1.36. The summed E-state index contributed by atoms with van der Waals surface area (Å²) in [5, 5.41) is 0. The van der Waals surface area contributed by atoms with Crippen molar-refractivity contribution in [3.8, 4) is 0 Å². The van der Waals surface area contributed by atoms with E-state index in [0.29, 0.717) is 41.0 Å². The van der Waals surface area contributed by atoms with Crippen LogP contribution in [0.15, 0.2) is 59.5 Å². The predicted molar refractivity (Wildman–Crippen MR) is 142 cm³/mol. The molecule has 0 saturated heterocycles. The van der Waals surface area contributed by atoms with Gasteiger partial charge in [0, 0.05) is 18.3 Å². The topological polar surface area (TPSA) is 123 Å². The highest BCUT2D eigenvalue weighted by molar-refractivity contribution is 7.92. The summed E-state index contributed by atoms with van der Waals surface area (Å²) in [5.41, 5.74) is 3.67. The normalized spacial score (nSPS) is 13.0. The highest BCUT2D eigenvalue weighted by Crippen LogP contribution is 2.32. The number of hydrogen-bond donors (Lipinski definition) is 1. The number of H-pyrrole nitrogens is 1. The number of ether oxygens (including phenoxy) is 2. The number of ketones is 1. The minimum atomic E-state index is -3.71. The lowest BCUT2D eigenvalue weighted by Crippen LogP contribution is -2.29. The second-order valence-corrected chi connectivity index (χ2v) is 10.6. The lowest BCUT2D eigenvalue weighted by molar-refractivity contribution is -0.136. The van der Waals surface area contributed by atoms with Crippen LogP contribution in [0.3, 0.4) is 0 Å². The molecule has 198 valence electrons. The van der Waals surface area contributed by atoms with Gasteiger partial charge in [0.05, 0.1) is 28.4 Å². The molecule has 0 bridgehead atoms. The van der Waals surface area contributed by atoms with Gasteiger partial charge in [-0.1, -0.05) is 30.3 Å². The molecule has 0 fully saturated rings. The van der Waals surface area contributed by atoms with Crippen LogP contribution in [-0.2, 0) is 30.7 Å². The molecule has 10 heteroatoms. The van der Waals surface area contributed by atoms with Crippen molar-refractivity contribution >= 4 is 39.5 Å². The minimum absolute atomic E-state index is 0.151. The summed E-state index contributed by atoms with van der Waals surface area (Å²) in [7, 11) is -3.71. The third-order valence-electron chi connectivity index (χ3n) is 6.27. The molecule has 1 N–H and O–H groups in total. The highest BCUT2D eigenvalue weighted by atomic mass is 32.2. The molecular weight excluding hydrogens is 508 g/mol. The summed E-state index contributed by atoms with van der Waals surface area (Å²) < 4.78 is 37.7. The molecule has 1 aliphatic rings. The summed E-state index contributed by atoms with van der Waals surface area (Å²) >= 11 is 0. The Morgan fingerprint density at radius 3 is 2.45 bits per heavy atom. The fourth-order valence-corrected chi connectivity index (χ4v) is 5.90. The molecule has 1 aromatic heterocycles. The molecule has 0 radical (unpaired) electrons. The van der Waals surface area contributed by atoms with Gasteiger partial charge < -0.3 is 14.5 Å². The predicted octanol–water partition coefficient (Wildman–Crippen LogP) is 4.00. The van der Waals surface area contributed by atoms with Crippen LogP contribution >= 0.6 is 0 Å². The van der Waals surface area contributed by atoms with Crippen molar-refractivity contribution in [1.29, 1.82) is 0 Å². The number of nitrogens with one attached hydrogen (secondary N) is 1. The molecule has 0 aliphatic carbocycles. The number of benzene rings is 2. The summed E-state index contributed by atoms with van der Waals surface area (Å²) in [6, 6.07) is 13.6. The first kappa shape index (κ1) is 26.9. The Morgan fingerprint density at radius 1 is 1.03 bits per heavy atom. The Kier molecular flexibility index (Phi) is 7.82. The van der Waals surface area contributed by atoms with Crippen LogP contribution in [0.5, 0.6) is 0 Å². The number of aromatic nitrogens is 1. The highest BCUT2D eigenvalue weighted by Gasteiger charge is 2.30. The molecule has 2 heterocycles. The maximum absolute atomic E-state index is 13.1. The number of hydrogen-bond acceptors (Lipinski definition) is 7. The van der Waals surface area contributed by atoms with Gasteiger partial charge >= 0.3 is 11.9 Å². The van der Waals surface area contributed by atoms with Gasteiger partial charge in [0.2, 0.25) is 5.78 Å².